The summed E-state index contributed by atoms with van der Waals surface area (Å²) < 4.78 is 0. The van der Waals surface area contributed by atoms with Crippen LogP contribution in [-0.2, 0) is 9.59 Å². The Balaban J connectivity index is 0.000000531. The molecule has 0 aromatic carbocycles. The maximum atomic E-state index is 11.1. The molecule has 2 aliphatic heterocycles. The molecule has 5 nitrogen and oxygen atoms in total. The second-order valence-corrected chi connectivity index (χ2v) is 4.40. The third-order valence-corrected chi connectivity index (χ3v) is 3.19. The number of aliphatic hydroxyl groups is 1. The smallest absolute Gasteiger partial charge is 0.219 e. The number of β-amino-alcohol motifs (C(OH)–C–C–N with tert-alkyl or cyclic N) is 1. The van der Waals surface area contributed by atoms with E-state index in [1.165, 1.54) is 0 Å². The van der Waals surface area contributed by atoms with E-state index in [1.807, 2.05) is 13.8 Å². The van der Waals surface area contributed by atoms with Gasteiger partial charge in [0.2, 0.25) is 5.91 Å². The molecule has 0 aromatic heterocycles. The third-order valence-electron chi connectivity index (χ3n) is 3.19. The van der Waals surface area contributed by atoms with Crippen LogP contribution < -0.4 is 0 Å². The zero-order chi connectivity index (χ0) is 11.6. The number of likely N-dealkylation sites (N-methyl/N-ethyl adjacent to an activating group) is 1. The second kappa shape index (κ2) is 4.28. The minimum absolute atomic E-state index is 0.0745. The molecule has 2 saturated heterocycles. The molecule has 2 rings (SSSR count). The van der Waals surface area contributed by atoms with Crippen molar-refractivity contribution in [1.82, 2.24) is 9.80 Å². The van der Waals surface area contributed by atoms with Gasteiger partial charge in [0, 0.05) is 32.5 Å². The lowest BCUT2D eigenvalue weighted by Crippen LogP contribution is -2.40. The molecule has 86 valence electrons. The van der Waals surface area contributed by atoms with Gasteiger partial charge in [-0.3, -0.25) is 4.79 Å². The van der Waals surface area contributed by atoms with Crippen LogP contribution >= 0.6 is 0 Å². The topological polar surface area (TPSA) is 60.9 Å². The van der Waals surface area contributed by atoms with Crippen LogP contribution in [0.4, 0.5) is 0 Å². The highest BCUT2D eigenvalue weighted by Crippen LogP contribution is 2.33. The standard InChI is InChI=1S/C9H16N2O2.CH2O/c1-7(12)11-4-8-3-10(2)5-9(8,13)6-11;1-2/h8,13H,3-6H2,1-2H3;1H2. The third kappa shape index (κ3) is 2.18. The fraction of sp³-hybridized carbons (Fsp3) is 0.800. The monoisotopic (exact) mass is 214 g/mol. The average molecular weight is 214 g/mol. The number of amides is 1. The zero-order valence-electron chi connectivity index (χ0n) is 9.27. The fourth-order valence-electron chi connectivity index (χ4n) is 2.51. The predicted molar refractivity (Wildman–Crippen MR) is 55.3 cm³/mol. The van der Waals surface area contributed by atoms with Crippen molar-refractivity contribution in [3.8, 4) is 0 Å². The molecule has 0 radical (unpaired) electrons. The number of hydrogen-bond acceptors (Lipinski definition) is 4. The first kappa shape index (κ1) is 12.1. The molecular formula is C10H18N2O3. The molecule has 1 N–H and O–H groups in total. The first-order valence-electron chi connectivity index (χ1n) is 4.96. The van der Waals surface area contributed by atoms with Crippen LogP contribution in [0.15, 0.2) is 0 Å². The number of carbonyl (C=O) groups excluding carboxylic acids is 2. The summed E-state index contributed by atoms with van der Waals surface area (Å²) >= 11 is 0. The number of nitrogens with zero attached hydrogens (tertiary/aromatic N) is 2. The number of carbonyl (C=O) groups is 2. The van der Waals surface area contributed by atoms with Gasteiger partial charge in [0.25, 0.3) is 0 Å². The normalized spacial score (nSPS) is 34.6. The summed E-state index contributed by atoms with van der Waals surface area (Å²) in [5, 5.41) is 10.2. The maximum absolute atomic E-state index is 11.1. The summed E-state index contributed by atoms with van der Waals surface area (Å²) in [6.07, 6.45) is 0. The molecule has 0 spiro atoms. The van der Waals surface area contributed by atoms with Crippen LogP contribution in [0.3, 0.4) is 0 Å². The van der Waals surface area contributed by atoms with Crippen molar-refractivity contribution in [2.75, 3.05) is 33.2 Å². The molecule has 2 atom stereocenters. The van der Waals surface area contributed by atoms with E-state index in [1.54, 1.807) is 11.8 Å². The van der Waals surface area contributed by atoms with Gasteiger partial charge in [-0.2, -0.15) is 0 Å². The number of likely N-dealkylation sites (tertiary alicyclic amines) is 2. The summed E-state index contributed by atoms with van der Waals surface area (Å²) in [4.78, 5) is 23.0. The van der Waals surface area contributed by atoms with E-state index in [4.69, 9.17) is 4.79 Å². The minimum atomic E-state index is -0.638. The van der Waals surface area contributed by atoms with Gasteiger partial charge in [0.1, 0.15) is 12.4 Å². The zero-order valence-corrected chi connectivity index (χ0v) is 9.27. The molecule has 2 unspecified atom stereocenters. The lowest BCUT2D eigenvalue weighted by molar-refractivity contribution is -0.128. The molecule has 0 aromatic rings. The second-order valence-electron chi connectivity index (χ2n) is 4.40. The largest absolute Gasteiger partial charge is 0.386 e. The molecule has 0 aliphatic carbocycles. The van der Waals surface area contributed by atoms with Crippen LogP contribution in [0.2, 0.25) is 0 Å². The Morgan fingerprint density at radius 1 is 1.40 bits per heavy atom. The van der Waals surface area contributed by atoms with Gasteiger partial charge in [0.15, 0.2) is 0 Å². The molecular weight excluding hydrogens is 196 g/mol. The number of hydrogen-bond donors (Lipinski definition) is 1. The van der Waals surface area contributed by atoms with Crippen LogP contribution in [0.1, 0.15) is 6.92 Å². The maximum Gasteiger partial charge on any atom is 0.219 e. The first-order valence-corrected chi connectivity index (χ1v) is 4.96. The highest BCUT2D eigenvalue weighted by molar-refractivity contribution is 5.73. The van der Waals surface area contributed by atoms with Crippen molar-refractivity contribution in [1.29, 1.82) is 0 Å². The van der Waals surface area contributed by atoms with Crippen molar-refractivity contribution in [3.63, 3.8) is 0 Å². The average Bonchev–Trinajstić information content (AvgIpc) is 2.58. The summed E-state index contributed by atoms with van der Waals surface area (Å²) in [6, 6.07) is 0. The lowest BCUT2D eigenvalue weighted by atomic mass is 9.95. The highest BCUT2D eigenvalue weighted by atomic mass is 16.3. The van der Waals surface area contributed by atoms with E-state index in [0.29, 0.717) is 13.1 Å². The first-order chi connectivity index (χ1) is 7.01. The Labute approximate surface area is 89.7 Å². The molecule has 15 heavy (non-hydrogen) atoms. The van der Waals surface area contributed by atoms with Crippen LogP contribution in [0.25, 0.3) is 0 Å². The molecule has 0 bridgehead atoms. The Hall–Kier alpha value is -0.940. The van der Waals surface area contributed by atoms with E-state index < -0.39 is 5.60 Å². The quantitative estimate of drug-likeness (QED) is 0.559. The van der Waals surface area contributed by atoms with Gasteiger partial charge in [-0.1, -0.05) is 0 Å². The SMILES string of the molecule is C=O.CC(=O)N1CC2CN(C)CC2(O)C1. The Morgan fingerprint density at radius 2 is 2.00 bits per heavy atom. The molecule has 2 heterocycles. The summed E-state index contributed by atoms with van der Waals surface area (Å²) in [7, 11) is 2.01. The Morgan fingerprint density at radius 3 is 2.47 bits per heavy atom. The number of fused-ring (bicyclic) bond motifs is 1. The molecule has 2 fully saturated rings. The van der Waals surface area contributed by atoms with Crippen LogP contribution in [-0.4, -0.2) is 66.4 Å². The van der Waals surface area contributed by atoms with Crippen molar-refractivity contribution < 1.29 is 14.7 Å². The van der Waals surface area contributed by atoms with E-state index in [-0.39, 0.29) is 11.8 Å². The number of rotatable bonds is 0. The van der Waals surface area contributed by atoms with Crippen molar-refractivity contribution in [3.05, 3.63) is 0 Å². The summed E-state index contributed by atoms with van der Waals surface area (Å²) in [6.45, 7) is 6.39. The van der Waals surface area contributed by atoms with Crippen molar-refractivity contribution in [2.24, 2.45) is 5.92 Å². The fourth-order valence-corrected chi connectivity index (χ4v) is 2.51. The van der Waals surface area contributed by atoms with Gasteiger partial charge in [-0.25, -0.2) is 0 Å². The molecule has 5 heteroatoms. The predicted octanol–water partition coefficient (Wildman–Crippen LogP) is -1.04. The Bertz CT molecular complexity index is 259. The van der Waals surface area contributed by atoms with E-state index >= 15 is 0 Å². The molecule has 0 saturated carbocycles. The van der Waals surface area contributed by atoms with Gasteiger partial charge < -0.3 is 19.7 Å². The molecule has 2 aliphatic rings. The van der Waals surface area contributed by atoms with Crippen molar-refractivity contribution in [2.45, 2.75) is 12.5 Å². The minimum Gasteiger partial charge on any atom is -0.386 e. The van der Waals surface area contributed by atoms with Crippen LogP contribution in [0.5, 0.6) is 0 Å². The summed E-state index contributed by atoms with van der Waals surface area (Å²) in [5.41, 5.74) is -0.638. The highest BCUT2D eigenvalue weighted by Gasteiger charge is 2.50. The van der Waals surface area contributed by atoms with Gasteiger partial charge in [0.05, 0.1) is 6.54 Å². The van der Waals surface area contributed by atoms with Crippen LogP contribution in [0, 0.1) is 5.92 Å². The molecule has 1 amide bonds. The van der Waals surface area contributed by atoms with E-state index in [2.05, 4.69) is 4.90 Å². The lowest BCUT2D eigenvalue weighted by Gasteiger charge is -2.21. The van der Waals surface area contributed by atoms with Gasteiger partial charge >= 0.3 is 0 Å². The summed E-state index contributed by atoms with van der Waals surface area (Å²) in [5.74, 6) is 0.326. The Kier molecular flexibility index (Phi) is 3.46. The van der Waals surface area contributed by atoms with Crippen molar-refractivity contribution >= 4 is 12.7 Å². The van der Waals surface area contributed by atoms with E-state index in [0.717, 1.165) is 13.1 Å². The van der Waals surface area contributed by atoms with E-state index in [9.17, 15) is 9.90 Å². The van der Waals surface area contributed by atoms with Gasteiger partial charge in [-0.05, 0) is 7.05 Å². The van der Waals surface area contributed by atoms with Gasteiger partial charge in [-0.15, -0.1) is 0 Å².